The molecular formula is C13H20O2. The lowest BCUT2D eigenvalue weighted by Gasteiger charge is -2.27. The lowest BCUT2D eigenvalue weighted by atomic mass is 9.77. The molecule has 0 aromatic carbocycles. The molecule has 0 N–H and O–H groups in total. The van der Waals surface area contributed by atoms with Crippen molar-refractivity contribution in [1.82, 2.24) is 0 Å². The Morgan fingerprint density at radius 2 is 1.73 bits per heavy atom. The van der Waals surface area contributed by atoms with E-state index in [-0.39, 0.29) is 5.92 Å². The normalized spacial score (nSPS) is 29.5. The monoisotopic (exact) mass is 208 g/mol. The first kappa shape index (κ1) is 10.8. The number of rotatable bonds is 2. The summed E-state index contributed by atoms with van der Waals surface area (Å²) in [5, 5.41) is 0. The van der Waals surface area contributed by atoms with Crippen molar-refractivity contribution < 1.29 is 9.59 Å². The molecule has 2 aliphatic rings. The Morgan fingerprint density at radius 3 is 2.47 bits per heavy atom. The maximum atomic E-state index is 11.7. The van der Waals surface area contributed by atoms with Gasteiger partial charge in [-0.25, -0.2) is 0 Å². The Hall–Kier alpha value is -0.660. The van der Waals surface area contributed by atoms with Crippen LogP contribution in [0.3, 0.4) is 0 Å². The minimum Gasteiger partial charge on any atom is -0.300 e. The van der Waals surface area contributed by atoms with E-state index in [1.54, 1.807) is 0 Å². The average Bonchev–Trinajstić information content (AvgIpc) is 2.25. The van der Waals surface area contributed by atoms with Gasteiger partial charge in [-0.15, -0.1) is 0 Å². The molecule has 0 bridgehead atoms. The van der Waals surface area contributed by atoms with Crippen molar-refractivity contribution >= 4 is 11.6 Å². The largest absolute Gasteiger partial charge is 0.300 e. The molecule has 2 heteroatoms. The highest BCUT2D eigenvalue weighted by molar-refractivity contribution is 5.94. The second-order valence-electron chi connectivity index (χ2n) is 5.15. The highest BCUT2D eigenvalue weighted by atomic mass is 16.1. The van der Waals surface area contributed by atoms with Gasteiger partial charge in [0.25, 0.3) is 0 Å². The fraction of sp³-hybridized carbons (Fsp3) is 0.846. The molecule has 0 saturated heterocycles. The summed E-state index contributed by atoms with van der Waals surface area (Å²) in [6, 6.07) is 0. The van der Waals surface area contributed by atoms with Crippen molar-refractivity contribution in [2.75, 3.05) is 0 Å². The van der Waals surface area contributed by atoms with Crippen molar-refractivity contribution in [2.24, 2.45) is 11.8 Å². The molecule has 2 aliphatic carbocycles. The molecule has 0 heterocycles. The van der Waals surface area contributed by atoms with Crippen molar-refractivity contribution in [2.45, 2.75) is 57.8 Å². The van der Waals surface area contributed by atoms with Gasteiger partial charge in [0, 0.05) is 25.2 Å². The molecule has 2 fully saturated rings. The van der Waals surface area contributed by atoms with Crippen molar-refractivity contribution in [3.8, 4) is 0 Å². The van der Waals surface area contributed by atoms with Crippen LogP contribution in [0.4, 0.5) is 0 Å². The standard InChI is InChI=1S/C13H20O2/c14-12-6-7-13(15)11(9-12)8-10-4-2-1-3-5-10/h10-11H,1-9H2. The van der Waals surface area contributed by atoms with Crippen molar-refractivity contribution in [3.05, 3.63) is 0 Å². The number of hydrogen-bond acceptors (Lipinski definition) is 2. The zero-order valence-electron chi connectivity index (χ0n) is 9.34. The summed E-state index contributed by atoms with van der Waals surface area (Å²) in [4.78, 5) is 23.0. The minimum atomic E-state index is 0.0781. The summed E-state index contributed by atoms with van der Waals surface area (Å²) in [6.45, 7) is 0. The average molecular weight is 208 g/mol. The van der Waals surface area contributed by atoms with Gasteiger partial charge in [-0.1, -0.05) is 32.1 Å². The van der Waals surface area contributed by atoms with E-state index in [0.717, 1.165) is 12.3 Å². The molecule has 2 saturated carbocycles. The Balaban J connectivity index is 1.85. The molecule has 1 unspecified atom stereocenters. The van der Waals surface area contributed by atoms with Crippen molar-refractivity contribution in [1.29, 1.82) is 0 Å². The first-order valence-corrected chi connectivity index (χ1v) is 6.30. The predicted octanol–water partition coefficient (Wildman–Crippen LogP) is 2.90. The number of carbonyl (C=O) groups is 2. The number of ketones is 2. The molecule has 2 nitrogen and oxygen atoms in total. The summed E-state index contributed by atoms with van der Waals surface area (Å²) in [5.41, 5.74) is 0. The van der Waals surface area contributed by atoms with Gasteiger partial charge in [0.1, 0.15) is 11.6 Å². The Bertz CT molecular complexity index is 251. The molecule has 2 rings (SSSR count). The van der Waals surface area contributed by atoms with Crippen LogP contribution >= 0.6 is 0 Å². The minimum absolute atomic E-state index is 0.0781. The van der Waals surface area contributed by atoms with E-state index in [0.29, 0.717) is 30.8 Å². The van der Waals surface area contributed by atoms with E-state index in [1.165, 1.54) is 32.1 Å². The number of hydrogen-bond donors (Lipinski definition) is 0. The van der Waals surface area contributed by atoms with Crippen LogP contribution in [-0.4, -0.2) is 11.6 Å². The summed E-state index contributed by atoms with van der Waals surface area (Å²) < 4.78 is 0. The molecule has 0 amide bonds. The third kappa shape index (κ3) is 2.90. The first-order valence-electron chi connectivity index (χ1n) is 6.30. The third-order valence-corrected chi connectivity index (χ3v) is 3.92. The second kappa shape index (κ2) is 4.91. The molecule has 0 spiro atoms. The zero-order chi connectivity index (χ0) is 10.7. The zero-order valence-corrected chi connectivity index (χ0v) is 9.34. The molecule has 0 aliphatic heterocycles. The second-order valence-corrected chi connectivity index (χ2v) is 5.15. The van der Waals surface area contributed by atoms with E-state index in [4.69, 9.17) is 0 Å². The van der Waals surface area contributed by atoms with E-state index >= 15 is 0 Å². The van der Waals surface area contributed by atoms with Crippen LogP contribution in [0.15, 0.2) is 0 Å². The topological polar surface area (TPSA) is 34.1 Å². The van der Waals surface area contributed by atoms with Gasteiger partial charge in [-0.2, -0.15) is 0 Å². The van der Waals surface area contributed by atoms with Crippen LogP contribution in [0.1, 0.15) is 57.8 Å². The Kier molecular flexibility index (Phi) is 3.55. The SMILES string of the molecule is O=C1CCC(=O)C(CC2CCCCC2)C1. The van der Waals surface area contributed by atoms with Gasteiger partial charge in [0.2, 0.25) is 0 Å². The lowest BCUT2D eigenvalue weighted by molar-refractivity contribution is -0.133. The number of Topliss-reactive ketones (excluding diaryl/α,β-unsaturated/α-hetero) is 2. The van der Waals surface area contributed by atoms with Gasteiger partial charge in [-0.05, 0) is 12.3 Å². The predicted molar refractivity (Wildman–Crippen MR) is 58.5 cm³/mol. The molecule has 0 aromatic heterocycles. The van der Waals surface area contributed by atoms with Crippen LogP contribution in [0.2, 0.25) is 0 Å². The van der Waals surface area contributed by atoms with E-state index in [2.05, 4.69) is 0 Å². The fourth-order valence-corrected chi connectivity index (χ4v) is 3.00. The van der Waals surface area contributed by atoms with Crippen LogP contribution in [0.25, 0.3) is 0 Å². The van der Waals surface area contributed by atoms with E-state index < -0.39 is 0 Å². The van der Waals surface area contributed by atoms with Crippen LogP contribution < -0.4 is 0 Å². The Labute approximate surface area is 91.4 Å². The van der Waals surface area contributed by atoms with Gasteiger partial charge in [0.05, 0.1) is 0 Å². The molecule has 15 heavy (non-hydrogen) atoms. The summed E-state index contributed by atoms with van der Waals surface area (Å²) in [6.07, 6.45) is 9.08. The molecule has 0 radical (unpaired) electrons. The van der Waals surface area contributed by atoms with Gasteiger partial charge in [-0.3, -0.25) is 9.59 Å². The lowest BCUT2D eigenvalue weighted by Crippen LogP contribution is -2.27. The summed E-state index contributed by atoms with van der Waals surface area (Å²) in [5.74, 6) is 1.45. The van der Waals surface area contributed by atoms with Gasteiger partial charge >= 0.3 is 0 Å². The van der Waals surface area contributed by atoms with Crippen LogP contribution in [0.5, 0.6) is 0 Å². The van der Waals surface area contributed by atoms with E-state index in [9.17, 15) is 9.59 Å². The first-order chi connectivity index (χ1) is 7.25. The van der Waals surface area contributed by atoms with Gasteiger partial charge in [0.15, 0.2) is 0 Å². The molecule has 1 atom stereocenters. The van der Waals surface area contributed by atoms with Gasteiger partial charge < -0.3 is 0 Å². The number of carbonyl (C=O) groups excluding carboxylic acids is 2. The molecule has 0 aromatic rings. The van der Waals surface area contributed by atoms with E-state index in [1.807, 2.05) is 0 Å². The maximum absolute atomic E-state index is 11.7. The van der Waals surface area contributed by atoms with Crippen molar-refractivity contribution in [3.63, 3.8) is 0 Å². The third-order valence-electron chi connectivity index (χ3n) is 3.92. The summed E-state index contributed by atoms with van der Waals surface area (Å²) in [7, 11) is 0. The molecular weight excluding hydrogens is 188 g/mol. The highest BCUT2D eigenvalue weighted by Crippen LogP contribution is 2.32. The highest BCUT2D eigenvalue weighted by Gasteiger charge is 2.29. The smallest absolute Gasteiger partial charge is 0.136 e. The van der Waals surface area contributed by atoms with Crippen LogP contribution in [-0.2, 0) is 9.59 Å². The quantitative estimate of drug-likeness (QED) is 0.699. The maximum Gasteiger partial charge on any atom is 0.136 e. The van der Waals surface area contributed by atoms with Crippen LogP contribution in [0, 0.1) is 11.8 Å². The molecule has 84 valence electrons. The fourth-order valence-electron chi connectivity index (χ4n) is 3.00. The summed E-state index contributed by atoms with van der Waals surface area (Å²) >= 11 is 0. The Morgan fingerprint density at radius 1 is 1.00 bits per heavy atom.